The van der Waals surface area contributed by atoms with Crippen molar-refractivity contribution < 1.29 is 18.9 Å². The summed E-state index contributed by atoms with van der Waals surface area (Å²) >= 11 is 0. The molecule has 0 aromatic carbocycles. The average Bonchev–Trinajstić information content (AvgIpc) is 2.57. The van der Waals surface area contributed by atoms with E-state index in [1.54, 1.807) is 6.26 Å². The molecule has 1 unspecified atom stereocenters. The first kappa shape index (κ1) is 23.4. The first-order valence-electron chi connectivity index (χ1n) is 9.92. The van der Waals surface area contributed by atoms with E-state index in [0.29, 0.717) is 19.8 Å². The van der Waals surface area contributed by atoms with Crippen molar-refractivity contribution in [3.05, 3.63) is 12.3 Å². The van der Waals surface area contributed by atoms with Crippen LogP contribution >= 0.6 is 0 Å². The van der Waals surface area contributed by atoms with E-state index in [9.17, 15) is 0 Å². The fourth-order valence-electron chi connectivity index (χ4n) is 2.69. The zero-order valence-electron chi connectivity index (χ0n) is 16.6. The van der Waals surface area contributed by atoms with Crippen molar-refractivity contribution in [1.29, 1.82) is 0 Å². The van der Waals surface area contributed by atoms with E-state index in [2.05, 4.69) is 13.8 Å². The van der Waals surface area contributed by atoms with Crippen LogP contribution in [0.5, 0.6) is 0 Å². The standard InChI is InChI=1S/C20H40O4/c1-6-11-13-14-15-16-17-19(21-18-12-7-2)20(22-8-3,23-9-4)24-10-5/h12,18-19H,6-11,13-17H2,1-5H3. The molecule has 0 N–H and O–H groups in total. The van der Waals surface area contributed by atoms with Crippen molar-refractivity contribution in [2.75, 3.05) is 19.8 Å². The normalized spacial score (nSPS) is 13.5. The molecule has 0 amide bonds. The Balaban J connectivity index is 4.83. The number of hydrogen-bond donors (Lipinski definition) is 0. The third kappa shape index (κ3) is 9.65. The van der Waals surface area contributed by atoms with Crippen LogP contribution in [0.2, 0.25) is 0 Å². The van der Waals surface area contributed by atoms with Crippen LogP contribution < -0.4 is 0 Å². The van der Waals surface area contributed by atoms with Gasteiger partial charge in [-0.2, -0.15) is 0 Å². The lowest BCUT2D eigenvalue weighted by Crippen LogP contribution is -2.51. The van der Waals surface area contributed by atoms with Gasteiger partial charge in [0, 0.05) is 19.8 Å². The topological polar surface area (TPSA) is 36.9 Å². The maximum absolute atomic E-state index is 5.98. The van der Waals surface area contributed by atoms with Gasteiger partial charge in [-0.25, -0.2) is 0 Å². The van der Waals surface area contributed by atoms with Gasteiger partial charge >= 0.3 is 5.97 Å². The number of unbranched alkanes of at least 4 members (excludes halogenated alkanes) is 5. The first-order valence-corrected chi connectivity index (χ1v) is 9.92. The molecule has 0 saturated carbocycles. The molecule has 0 aliphatic heterocycles. The summed E-state index contributed by atoms with van der Waals surface area (Å²) in [4.78, 5) is 0. The quantitative estimate of drug-likeness (QED) is 0.189. The van der Waals surface area contributed by atoms with Gasteiger partial charge in [-0.1, -0.05) is 52.0 Å². The zero-order valence-corrected chi connectivity index (χ0v) is 16.6. The van der Waals surface area contributed by atoms with Crippen molar-refractivity contribution in [3.63, 3.8) is 0 Å². The summed E-state index contributed by atoms with van der Waals surface area (Å²) in [6.07, 6.45) is 12.8. The summed E-state index contributed by atoms with van der Waals surface area (Å²) < 4.78 is 23.7. The molecule has 0 aliphatic rings. The average molecular weight is 345 g/mol. The smallest absolute Gasteiger partial charge is 0.322 e. The van der Waals surface area contributed by atoms with Gasteiger partial charge in [0.2, 0.25) is 0 Å². The highest BCUT2D eigenvalue weighted by Gasteiger charge is 2.43. The molecule has 0 bridgehead atoms. The molecule has 0 aliphatic carbocycles. The molecule has 0 saturated heterocycles. The Hall–Kier alpha value is -0.580. The third-order valence-corrected chi connectivity index (χ3v) is 3.83. The van der Waals surface area contributed by atoms with Crippen LogP contribution in [0.1, 0.15) is 86.0 Å². The van der Waals surface area contributed by atoms with Crippen LogP contribution in [0.25, 0.3) is 0 Å². The van der Waals surface area contributed by atoms with Gasteiger partial charge in [0.15, 0.2) is 6.10 Å². The molecule has 144 valence electrons. The number of rotatable bonds is 17. The molecule has 0 rings (SSSR count). The van der Waals surface area contributed by atoms with E-state index in [-0.39, 0.29) is 6.10 Å². The van der Waals surface area contributed by atoms with Crippen molar-refractivity contribution in [2.24, 2.45) is 0 Å². The number of ether oxygens (including phenoxy) is 4. The number of hydrogen-bond acceptors (Lipinski definition) is 4. The highest BCUT2D eigenvalue weighted by molar-refractivity contribution is 4.79. The highest BCUT2D eigenvalue weighted by Crippen LogP contribution is 2.28. The Morgan fingerprint density at radius 1 is 0.750 bits per heavy atom. The maximum Gasteiger partial charge on any atom is 0.322 e. The molecule has 24 heavy (non-hydrogen) atoms. The lowest BCUT2D eigenvalue weighted by molar-refractivity contribution is -0.410. The van der Waals surface area contributed by atoms with Gasteiger partial charge in [-0.3, -0.25) is 0 Å². The third-order valence-electron chi connectivity index (χ3n) is 3.83. The van der Waals surface area contributed by atoms with Crippen LogP contribution in [0.15, 0.2) is 12.3 Å². The molecule has 0 heterocycles. The van der Waals surface area contributed by atoms with E-state index in [0.717, 1.165) is 19.3 Å². The molecular weight excluding hydrogens is 304 g/mol. The molecular formula is C20H40O4. The Labute approximate surface area is 149 Å². The fraction of sp³-hybridized carbons (Fsp3) is 0.900. The largest absolute Gasteiger partial charge is 0.490 e. The lowest BCUT2D eigenvalue weighted by atomic mass is 10.1. The van der Waals surface area contributed by atoms with E-state index in [1.807, 2.05) is 26.8 Å². The second-order valence-corrected chi connectivity index (χ2v) is 5.86. The Morgan fingerprint density at radius 2 is 1.29 bits per heavy atom. The van der Waals surface area contributed by atoms with Crippen LogP contribution in [-0.2, 0) is 18.9 Å². The summed E-state index contributed by atoms with van der Waals surface area (Å²) in [5, 5.41) is 0. The van der Waals surface area contributed by atoms with Crippen molar-refractivity contribution in [2.45, 2.75) is 98.1 Å². The molecule has 4 heteroatoms. The second kappa shape index (κ2) is 15.9. The molecule has 4 nitrogen and oxygen atoms in total. The van der Waals surface area contributed by atoms with Gasteiger partial charge in [0.1, 0.15) is 0 Å². The summed E-state index contributed by atoms with van der Waals surface area (Å²) in [5.41, 5.74) is 0. The van der Waals surface area contributed by atoms with E-state index >= 15 is 0 Å². The van der Waals surface area contributed by atoms with Crippen LogP contribution in [0.4, 0.5) is 0 Å². The zero-order chi connectivity index (χ0) is 18.1. The Bertz CT molecular complexity index is 274. The predicted octanol–water partition coefficient (Wildman–Crippen LogP) is 5.81. The van der Waals surface area contributed by atoms with Crippen LogP contribution in [0.3, 0.4) is 0 Å². The van der Waals surface area contributed by atoms with Gasteiger partial charge in [-0.15, -0.1) is 0 Å². The maximum atomic E-state index is 5.98. The van der Waals surface area contributed by atoms with E-state index in [1.165, 1.54) is 32.1 Å². The van der Waals surface area contributed by atoms with Crippen LogP contribution in [-0.4, -0.2) is 31.9 Å². The summed E-state index contributed by atoms with van der Waals surface area (Å²) in [5.74, 6) is -1.11. The van der Waals surface area contributed by atoms with Crippen molar-refractivity contribution >= 4 is 0 Å². The first-order chi connectivity index (χ1) is 11.7. The molecule has 0 fully saturated rings. The van der Waals surface area contributed by atoms with Crippen LogP contribution in [0, 0.1) is 0 Å². The molecule has 0 aromatic rings. The fourth-order valence-corrected chi connectivity index (χ4v) is 2.69. The summed E-state index contributed by atoms with van der Waals surface area (Å²) in [7, 11) is 0. The SMILES string of the molecule is CCC=COC(CCCCCCCC)C(OCC)(OCC)OCC. The van der Waals surface area contributed by atoms with E-state index < -0.39 is 5.97 Å². The molecule has 0 radical (unpaired) electrons. The molecule has 0 spiro atoms. The monoisotopic (exact) mass is 344 g/mol. The van der Waals surface area contributed by atoms with Crippen molar-refractivity contribution in [1.82, 2.24) is 0 Å². The van der Waals surface area contributed by atoms with Gasteiger partial charge in [0.05, 0.1) is 6.26 Å². The highest BCUT2D eigenvalue weighted by atomic mass is 16.9. The summed E-state index contributed by atoms with van der Waals surface area (Å²) in [6, 6.07) is 0. The minimum atomic E-state index is -1.11. The number of allylic oxidation sites excluding steroid dienone is 1. The van der Waals surface area contributed by atoms with Gasteiger partial charge < -0.3 is 18.9 Å². The predicted molar refractivity (Wildman–Crippen MR) is 99.9 cm³/mol. The summed E-state index contributed by atoms with van der Waals surface area (Å²) in [6.45, 7) is 11.8. The van der Waals surface area contributed by atoms with E-state index in [4.69, 9.17) is 18.9 Å². The molecule has 0 aromatic heterocycles. The van der Waals surface area contributed by atoms with Gasteiger partial charge in [-0.05, 0) is 40.0 Å². The van der Waals surface area contributed by atoms with Crippen molar-refractivity contribution in [3.8, 4) is 0 Å². The second-order valence-electron chi connectivity index (χ2n) is 5.86. The minimum Gasteiger partial charge on any atom is -0.490 e. The Morgan fingerprint density at radius 3 is 1.79 bits per heavy atom. The lowest BCUT2D eigenvalue weighted by Gasteiger charge is -2.38. The minimum absolute atomic E-state index is 0.258. The molecule has 1 atom stereocenters. The Kier molecular flexibility index (Phi) is 15.5. The van der Waals surface area contributed by atoms with Gasteiger partial charge in [0.25, 0.3) is 0 Å².